The van der Waals surface area contributed by atoms with Gasteiger partial charge in [-0.1, -0.05) is 33.1 Å². The predicted octanol–water partition coefficient (Wildman–Crippen LogP) is 3.22. The number of methoxy groups -OCH3 is 1. The third kappa shape index (κ3) is 4.42. The summed E-state index contributed by atoms with van der Waals surface area (Å²) in [5.41, 5.74) is 0. The molecule has 1 N–H and O–H groups in total. The van der Waals surface area contributed by atoms with Crippen molar-refractivity contribution in [3.63, 3.8) is 0 Å². The molecule has 0 saturated heterocycles. The van der Waals surface area contributed by atoms with Crippen LogP contribution in [0, 0.1) is 11.8 Å². The Morgan fingerprint density at radius 1 is 1.25 bits per heavy atom. The van der Waals surface area contributed by atoms with Crippen molar-refractivity contribution in [2.75, 3.05) is 20.3 Å². The van der Waals surface area contributed by atoms with Gasteiger partial charge in [0, 0.05) is 19.8 Å². The van der Waals surface area contributed by atoms with Crippen LogP contribution in [0.15, 0.2) is 0 Å². The van der Waals surface area contributed by atoms with E-state index in [0.717, 1.165) is 18.6 Å². The Kier molecular flexibility index (Phi) is 7.06. The Balaban J connectivity index is 2.50. The summed E-state index contributed by atoms with van der Waals surface area (Å²) in [6, 6.07) is 0.729. The molecule has 1 aliphatic rings. The summed E-state index contributed by atoms with van der Waals surface area (Å²) in [4.78, 5) is 0. The highest BCUT2D eigenvalue weighted by molar-refractivity contribution is 4.82. The summed E-state index contributed by atoms with van der Waals surface area (Å²) in [6.45, 7) is 6.67. The van der Waals surface area contributed by atoms with Crippen LogP contribution in [-0.2, 0) is 4.74 Å². The minimum Gasteiger partial charge on any atom is -0.384 e. The van der Waals surface area contributed by atoms with Crippen molar-refractivity contribution in [3.05, 3.63) is 0 Å². The molecule has 1 aliphatic carbocycles. The van der Waals surface area contributed by atoms with Crippen LogP contribution in [0.5, 0.6) is 0 Å². The lowest BCUT2D eigenvalue weighted by Crippen LogP contribution is -2.40. The van der Waals surface area contributed by atoms with E-state index in [1.165, 1.54) is 45.1 Å². The van der Waals surface area contributed by atoms with E-state index >= 15 is 0 Å². The van der Waals surface area contributed by atoms with Crippen molar-refractivity contribution < 1.29 is 4.74 Å². The second-order valence-electron chi connectivity index (χ2n) is 5.30. The van der Waals surface area contributed by atoms with E-state index in [4.69, 9.17) is 4.74 Å². The average molecular weight is 227 g/mol. The SMILES string of the molecule is CCCNC1CCCCCC1C(C)COC. The molecule has 0 aliphatic heterocycles. The van der Waals surface area contributed by atoms with Crippen LogP contribution in [0.4, 0.5) is 0 Å². The minimum absolute atomic E-state index is 0.692. The second kappa shape index (κ2) is 8.08. The van der Waals surface area contributed by atoms with E-state index in [2.05, 4.69) is 19.2 Å². The maximum atomic E-state index is 5.32. The number of rotatable bonds is 6. The van der Waals surface area contributed by atoms with Crippen LogP contribution in [0.1, 0.15) is 52.4 Å². The monoisotopic (exact) mass is 227 g/mol. The molecule has 0 radical (unpaired) electrons. The molecule has 0 aromatic rings. The van der Waals surface area contributed by atoms with Gasteiger partial charge in [0.1, 0.15) is 0 Å². The quantitative estimate of drug-likeness (QED) is 0.704. The van der Waals surface area contributed by atoms with E-state index in [9.17, 15) is 0 Å². The minimum atomic E-state index is 0.692. The average Bonchev–Trinajstić information content (AvgIpc) is 2.51. The zero-order valence-corrected chi connectivity index (χ0v) is 11.3. The van der Waals surface area contributed by atoms with Crippen molar-refractivity contribution in [2.45, 2.75) is 58.4 Å². The molecule has 16 heavy (non-hydrogen) atoms. The Morgan fingerprint density at radius 2 is 2.00 bits per heavy atom. The van der Waals surface area contributed by atoms with E-state index < -0.39 is 0 Å². The van der Waals surface area contributed by atoms with Crippen molar-refractivity contribution in [1.82, 2.24) is 5.32 Å². The summed E-state index contributed by atoms with van der Waals surface area (Å²) in [6.07, 6.45) is 8.20. The second-order valence-corrected chi connectivity index (χ2v) is 5.30. The molecule has 2 heteroatoms. The van der Waals surface area contributed by atoms with Gasteiger partial charge >= 0.3 is 0 Å². The van der Waals surface area contributed by atoms with Crippen LogP contribution in [0.2, 0.25) is 0 Å². The van der Waals surface area contributed by atoms with Crippen LogP contribution < -0.4 is 5.32 Å². The molecule has 1 rings (SSSR count). The first-order valence-electron chi connectivity index (χ1n) is 7.02. The van der Waals surface area contributed by atoms with Gasteiger partial charge in [-0.3, -0.25) is 0 Å². The fraction of sp³-hybridized carbons (Fsp3) is 1.00. The number of ether oxygens (including phenoxy) is 1. The molecule has 0 aromatic heterocycles. The zero-order chi connectivity index (χ0) is 11.8. The largest absolute Gasteiger partial charge is 0.384 e. The smallest absolute Gasteiger partial charge is 0.0491 e. The third-order valence-electron chi connectivity index (χ3n) is 3.89. The molecular formula is C14H29NO. The van der Waals surface area contributed by atoms with Gasteiger partial charge in [0.05, 0.1) is 0 Å². The maximum absolute atomic E-state index is 5.32. The lowest BCUT2D eigenvalue weighted by atomic mass is 9.84. The summed E-state index contributed by atoms with van der Waals surface area (Å²) in [5.74, 6) is 1.51. The number of hydrogen-bond donors (Lipinski definition) is 1. The standard InChI is InChI=1S/C14H29NO/c1-4-10-15-14-9-7-5-6-8-13(14)12(2)11-16-3/h12-15H,4-11H2,1-3H3. The van der Waals surface area contributed by atoms with Gasteiger partial charge in [-0.2, -0.15) is 0 Å². The van der Waals surface area contributed by atoms with Crippen LogP contribution in [0.25, 0.3) is 0 Å². The zero-order valence-electron chi connectivity index (χ0n) is 11.3. The van der Waals surface area contributed by atoms with Gasteiger partial charge in [-0.15, -0.1) is 0 Å². The number of hydrogen-bond acceptors (Lipinski definition) is 2. The normalized spacial score (nSPS) is 28.7. The first-order valence-corrected chi connectivity index (χ1v) is 7.02. The fourth-order valence-corrected chi connectivity index (χ4v) is 2.99. The Hall–Kier alpha value is -0.0800. The molecule has 3 unspecified atom stereocenters. The van der Waals surface area contributed by atoms with Crippen LogP contribution in [-0.4, -0.2) is 26.3 Å². The van der Waals surface area contributed by atoms with E-state index in [1.54, 1.807) is 0 Å². The molecule has 0 aromatic carbocycles. The topological polar surface area (TPSA) is 21.3 Å². The maximum Gasteiger partial charge on any atom is 0.0491 e. The Morgan fingerprint density at radius 3 is 2.69 bits per heavy atom. The highest BCUT2D eigenvalue weighted by Gasteiger charge is 2.27. The van der Waals surface area contributed by atoms with Gasteiger partial charge < -0.3 is 10.1 Å². The van der Waals surface area contributed by atoms with Gasteiger partial charge in [0.2, 0.25) is 0 Å². The molecular weight excluding hydrogens is 198 g/mol. The molecule has 0 spiro atoms. The highest BCUT2D eigenvalue weighted by atomic mass is 16.5. The van der Waals surface area contributed by atoms with Crippen LogP contribution >= 0.6 is 0 Å². The van der Waals surface area contributed by atoms with Gasteiger partial charge in [-0.25, -0.2) is 0 Å². The van der Waals surface area contributed by atoms with Gasteiger partial charge in [0.25, 0.3) is 0 Å². The highest BCUT2D eigenvalue weighted by Crippen LogP contribution is 2.29. The third-order valence-corrected chi connectivity index (χ3v) is 3.89. The Bertz CT molecular complexity index is 172. The molecule has 1 fully saturated rings. The van der Waals surface area contributed by atoms with Crippen molar-refractivity contribution in [3.8, 4) is 0 Å². The van der Waals surface area contributed by atoms with Crippen LogP contribution in [0.3, 0.4) is 0 Å². The molecule has 3 atom stereocenters. The summed E-state index contributed by atoms with van der Waals surface area (Å²) < 4.78 is 5.32. The summed E-state index contributed by atoms with van der Waals surface area (Å²) >= 11 is 0. The fourth-order valence-electron chi connectivity index (χ4n) is 2.99. The molecule has 2 nitrogen and oxygen atoms in total. The number of nitrogens with one attached hydrogen (secondary N) is 1. The van der Waals surface area contributed by atoms with E-state index in [1.807, 2.05) is 7.11 Å². The lowest BCUT2D eigenvalue weighted by Gasteiger charge is -2.31. The first-order chi connectivity index (χ1) is 7.79. The summed E-state index contributed by atoms with van der Waals surface area (Å²) in [5, 5.41) is 3.75. The molecule has 0 bridgehead atoms. The lowest BCUT2D eigenvalue weighted by molar-refractivity contribution is 0.110. The molecule has 96 valence electrons. The van der Waals surface area contributed by atoms with Crippen molar-refractivity contribution in [2.24, 2.45) is 11.8 Å². The van der Waals surface area contributed by atoms with Gasteiger partial charge in [-0.05, 0) is 37.6 Å². The van der Waals surface area contributed by atoms with Crippen molar-refractivity contribution in [1.29, 1.82) is 0 Å². The first kappa shape index (κ1) is 14.0. The molecule has 0 amide bonds. The van der Waals surface area contributed by atoms with Crippen molar-refractivity contribution >= 4 is 0 Å². The van der Waals surface area contributed by atoms with E-state index in [-0.39, 0.29) is 0 Å². The van der Waals surface area contributed by atoms with Gasteiger partial charge in [0.15, 0.2) is 0 Å². The molecule has 1 saturated carbocycles. The Labute approximate surface area is 101 Å². The molecule has 0 heterocycles. The summed E-state index contributed by atoms with van der Waals surface area (Å²) in [7, 11) is 1.82. The van der Waals surface area contributed by atoms with E-state index in [0.29, 0.717) is 5.92 Å². The predicted molar refractivity (Wildman–Crippen MR) is 69.7 cm³/mol.